The number of hydrogen-bond donors (Lipinski definition) is 2. The molecule has 2 N–H and O–H groups in total. The molecule has 0 bridgehead atoms. The Morgan fingerprint density at radius 1 is 1.24 bits per heavy atom. The predicted octanol–water partition coefficient (Wildman–Crippen LogP) is 3.49. The fourth-order valence-electron chi connectivity index (χ4n) is 2.81. The average molecular weight is 298 g/mol. The van der Waals surface area contributed by atoms with Gasteiger partial charge >= 0.3 is 0 Å². The summed E-state index contributed by atoms with van der Waals surface area (Å²) in [5.41, 5.74) is 4.21. The number of anilines is 1. The Balaban J connectivity index is 1.84. The first-order valence-corrected chi connectivity index (χ1v) is 7.12. The largest absolute Gasteiger partial charge is 0.309 e. The minimum absolute atomic E-state index is 0.00494. The number of rotatable bonds is 2. The van der Waals surface area contributed by atoms with Crippen molar-refractivity contribution in [1.82, 2.24) is 10.2 Å². The fraction of sp³-hybridized carbons (Fsp3) is 0.125. The molecule has 21 heavy (non-hydrogen) atoms. The predicted molar refractivity (Wildman–Crippen MR) is 82.2 cm³/mol. The summed E-state index contributed by atoms with van der Waals surface area (Å²) in [6, 6.07) is 7.64. The lowest BCUT2D eigenvalue weighted by atomic mass is 9.83. The lowest BCUT2D eigenvalue weighted by Gasteiger charge is -2.24. The van der Waals surface area contributed by atoms with E-state index >= 15 is 0 Å². The zero-order chi connectivity index (χ0) is 14.4. The van der Waals surface area contributed by atoms with Crippen LogP contribution in [-0.2, 0) is 4.79 Å². The summed E-state index contributed by atoms with van der Waals surface area (Å²) in [6.07, 6.45) is 6.46. The van der Waals surface area contributed by atoms with Crippen LogP contribution in [0.25, 0.3) is 5.57 Å². The number of fused-ring (bicyclic) bond motifs is 1. The maximum atomic E-state index is 11.9. The van der Waals surface area contributed by atoms with Crippen molar-refractivity contribution in [3.8, 4) is 0 Å². The second kappa shape index (κ2) is 4.60. The topological polar surface area (TPSA) is 57.8 Å². The molecule has 2 aliphatic rings. The number of hydrogen-bond acceptors (Lipinski definition) is 2. The number of nitrogens with one attached hydrogen (secondary N) is 2. The SMILES string of the molecule is O=C1CC(c2ccc(Cl)cc2)c2c(n[nH]c2C2=CC=C2)N1. The summed E-state index contributed by atoms with van der Waals surface area (Å²) in [5, 5.41) is 10.8. The third kappa shape index (κ3) is 1.99. The number of carbonyl (C=O) groups excluding carboxylic acids is 1. The Morgan fingerprint density at radius 2 is 2.00 bits per heavy atom. The molecule has 1 amide bonds. The van der Waals surface area contributed by atoms with Crippen molar-refractivity contribution < 1.29 is 4.79 Å². The van der Waals surface area contributed by atoms with Gasteiger partial charge in [-0.3, -0.25) is 9.89 Å². The summed E-state index contributed by atoms with van der Waals surface area (Å²) in [7, 11) is 0. The van der Waals surface area contributed by atoms with Gasteiger partial charge in [0.25, 0.3) is 0 Å². The monoisotopic (exact) mass is 297 g/mol. The first-order valence-electron chi connectivity index (χ1n) is 6.74. The molecule has 4 rings (SSSR count). The van der Waals surface area contributed by atoms with Crippen LogP contribution in [0.5, 0.6) is 0 Å². The maximum Gasteiger partial charge on any atom is 0.226 e. The van der Waals surface area contributed by atoms with Crippen LogP contribution < -0.4 is 5.32 Å². The Hall–Kier alpha value is -2.33. The summed E-state index contributed by atoms with van der Waals surface area (Å²) in [4.78, 5) is 11.9. The second-order valence-corrected chi connectivity index (χ2v) is 5.63. The number of halogens is 1. The number of aromatic amines is 1. The van der Waals surface area contributed by atoms with Gasteiger partial charge in [0.15, 0.2) is 5.82 Å². The van der Waals surface area contributed by atoms with E-state index in [0.29, 0.717) is 17.3 Å². The van der Waals surface area contributed by atoms with Gasteiger partial charge < -0.3 is 5.32 Å². The van der Waals surface area contributed by atoms with Crippen LogP contribution in [0.3, 0.4) is 0 Å². The Labute approximate surface area is 126 Å². The van der Waals surface area contributed by atoms with Gasteiger partial charge in [-0.05, 0) is 23.3 Å². The van der Waals surface area contributed by atoms with Crippen molar-refractivity contribution in [2.45, 2.75) is 12.3 Å². The van der Waals surface area contributed by atoms with E-state index in [0.717, 1.165) is 22.4 Å². The smallest absolute Gasteiger partial charge is 0.226 e. The zero-order valence-electron chi connectivity index (χ0n) is 11.1. The molecule has 0 spiro atoms. The van der Waals surface area contributed by atoms with Crippen molar-refractivity contribution in [1.29, 1.82) is 0 Å². The van der Waals surface area contributed by atoms with Crippen LogP contribution in [-0.4, -0.2) is 16.1 Å². The Bertz CT molecular complexity index is 786. The standard InChI is InChI=1S/C16H12ClN3O/c17-11-6-4-9(5-7-11)12-8-13(21)18-16-14(12)15(19-20-16)10-2-1-3-10/h1-7,12H,8H2,(H2,18,19,20,21). The number of amides is 1. The molecular formula is C16H12ClN3O. The molecule has 0 saturated heterocycles. The molecule has 1 aromatic carbocycles. The van der Waals surface area contributed by atoms with Crippen LogP contribution >= 0.6 is 11.6 Å². The molecule has 1 atom stereocenters. The van der Waals surface area contributed by atoms with E-state index < -0.39 is 0 Å². The van der Waals surface area contributed by atoms with Crippen LogP contribution in [0, 0.1) is 0 Å². The van der Waals surface area contributed by atoms with Crippen molar-refractivity contribution in [2.75, 3.05) is 5.32 Å². The Morgan fingerprint density at radius 3 is 2.67 bits per heavy atom. The van der Waals surface area contributed by atoms with E-state index in [2.05, 4.69) is 15.5 Å². The van der Waals surface area contributed by atoms with Gasteiger partial charge in [-0.2, -0.15) is 5.10 Å². The van der Waals surface area contributed by atoms with Gasteiger partial charge in [-0.1, -0.05) is 42.0 Å². The summed E-state index contributed by atoms with van der Waals surface area (Å²) in [5.74, 6) is 0.607. The second-order valence-electron chi connectivity index (χ2n) is 5.20. The van der Waals surface area contributed by atoms with Crippen molar-refractivity contribution in [2.24, 2.45) is 0 Å². The molecule has 1 unspecified atom stereocenters. The molecule has 104 valence electrons. The molecule has 0 saturated carbocycles. The highest BCUT2D eigenvalue weighted by molar-refractivity contribution is 6.30. The molecular weight excluding hydrogens is 286 g/mol. The van der Waals surface area contributed by atoms with Gasteiger partial charge in [0.1, 0.15) is 0 Å². The highest BCUT2D eigenvalue weighted by Gasteiger charge is 2.32. The molecule has 2 aromatic rings. The van der Waals surface area contributed by atoms with E-state index in [9.17, 15) is 4.79 Å². The quantitative estimate of drug-likeness (QED) is 0.891. The van der Waals surface area contributed by atoms with Crippen LogP contribution in [0.4, 0.5) is 5.82 Å². The number of H-pyrrole nitrogens is 1. The number of nitrogens with zero attached hydrogens (tertiary/aromatic N) is 1. The number of benzene rings is 1. The van der Waals surface area contributed by atoms with Crippen LogP contribution in [0.15, 0.2) is 42.5 Å². The third-order valence-electron chi connectivity index (χ3n) is 3.91. The van der Waals surface area contributed by atoms with Crippen molar-refractivity contribution in [3.63, 3.8) is 0 Å². The average Bonchev–Trinajstić information content (AvgIpc) is 2.80. The molecule has 1 aromatic heterocycles. The molecule has 5 heteroatoms. The van der Waals surface area contributed by atoms with E-state index in [1.54, 1.807) is 0 Å². The third-order valence-corrected chi connectivity index (χ3v) is 4.16. The molecule has 2 heterocycles. The number of allylic oxidation sites excluding steroid dienone is 4. The van der Waals surface area contributed by atoms with Gasteiger partial charge in [0, 0.05) is 22.9 Å². The lowest BCUT2D eigenvalue weighted by molar-refractivity contribution is -0.116. The number of aromatic nitrogens is 2. The van der Waals surface area contributed by atoms with Gasteiger partial charge in [-0.15, -0.1) is 0 Å². The van der Waals surface area contributed by atoms with Gasteiger partial charge in [-0.25, -0.2) is 0 Å². The van der Waals surface area contributed by atoms with E-state index in [1.807, 2.05) is 42.5 Å². The number of carbonyl (C=O) groups is 1. The summed E-state index contributed by atoms with van der Waals surface area (Å²) in [6.45, 7) is 0. The minimum Gasteiger partial charge on any atom is -0.309 e. The van der Waals surface area contributed by atoms with Crippen LogP contribution in [0.2, 0.25) is 5.02 Å². The Kier molecular flexibility index (Phi) is 2.72. The van der Waals surface area contributed by atoms with Crippen molar-refractivity contribution in [3.05, 3.63) is 64.3 Å². The highest BCUT2D eigenvalue weighted by atomic mass is 35.5. The highest BCUT2D eigenvalue weighted by Crippen LogP contribution is 2.41. The van der Waals surface area contributed by atoms with Crippen molar-refractivity contribution >= 4 is 28.9 Å². The first kappa shape index (κ1) is 12.4. The first-order chi connectivity index (χ1) is 10.2. The normalized spacial score (nSPS) is 19.6. The van der Waals surface area contributed by atoms with E-state index in [4.69, 9.17) is 11.6 Å². The summed E-state index contributed by atoms with van der Waals surface area (Å²) < 4.78 is 0. The molecule has 0 radical (unpaired) electrons. The minimum atomic E-state index is -0.0152. The van der Waals surface area contributed by atoms with Gasteiger partial charge in [0.2, 0.25) is 5.91 Å². The van der Waals surface area contributed by atoms with E-state index in [-0.39, 0.29) is 11.8 Å². The molecule has 4 nitrogen and oxygen atoms in total. The molecule has 1 aliphatic carbocycles. The van der Waals surface area contributed by atoms with E-state index in [1.165, 1.54) is 0 Å². The van der Waals surface area contributed by atoms with Crippen LogP contribution in [0.1, 0.15) is 29.2 Å². The maximum absolute atomic E-state index is 11.9. The van der Waals surface area contributed by atoms with Gasteiger partial charge in [0.05, 0.1) is 5.69 Å². The zero-order valence-corrected chi connectivity index (χ0v) is 11.8. The summed E-state index contributed by atoms with van der Waals surface area (Å²) >= 11 is 5.96. The lowest BCUT2D eigenvalue weighted by Crippen LogP contribution is -2.23. The molecule has 0 fully saturated rings. The fourth-order valence-corrected chi connectivity index (χ4v) is 2.94. The molecule has 1 aliphatic heterocycles.